The van der Waals surface area contributed by atoms with E-state index in [1.165, 1.54) is 25.7 Å². The summed E-state index contributed by atoms with van der Waals surface area (Å²) in [6, 6.07) is 0. The molecule has 0 N–H and O–H groups in total. The van der Waals surface area contributed by atoms with Gasteiger partial charge in [0.2, 0.25) is 0 Å². The van der Waals surface area contributed by atoms with E-state index in [1.54, 1.807) is 5.57 Å². The highest BCUT2D eigenvalue weighted by Crippen LogP contribution is 2.26. The van der Waals surface area contributed by atoms with Gasteiger partial charge in [-0.25, -0.2) is 0 Å². The molecule has 1 aliphatic carbocycles. The third-order valence-corrected chi connectivity index (χ3v) is 2.45. The molecule has 0 radical (unpaired) electrons. The molecular weight excluding hydrogens is 132 g/mol. The second kappa shape index (κ2) is 4.38. The van der Waals surface area contributed by atoms with Crippen LogP contribution in [-0.4, -0.2) is 0 Å². The third-order valence-electron chi connectivity index (χ3n) is 2.45. The van der Waals surface area contributed by atoms with Crippen LogP contribution in [0, 0.1) is 5.92 Å². The average molecular weight is 150 g/mol. The average Bonchev–Trinajstić information content (AvgIpc) is 2.52. The van der Waals surface area contributed by atoms with Crippen LogP contribution in [-0.2, 0) is 0 Å². The highest BCUT2D eigenvalue weighted by Gasteiger charge is 2.10. The fourth-order valence-electron chi connectivity index (χ4n) is 1.77. The summed E-state index contributed by atoms with van der Waals surface area (Å²) >= 11 is 0. The summed E-state index contributed by atoms with van der Waals surface area (Å²) in [5.74, 6) is 0.856. The maximum atomic E-state index is 2.30. The normalized spacial score (nSPS) is 18.5. The molecule has 1 aliphatic rings. The molecule has 1 atom stereocenters. The van der Waals surface area contributed by atoms with Crippen molar-refractivity contribution >= 4 is 0 Å². The van der Waals surface area contributed by atoms with Gasteiger partial charge in [0, 0.05) is 0 Å². The molecule has 0 fully saturated rings. The summed E-state index contributed by atoms with van der Waals surface area (Å²) in [5.41, 5.74) is 1.65. The van der Waals surface area contributed by atoms with Crippen molar-refractivity contribution < 1.29 is 0 Å². The van der Waals surface area contributed by atoms with Crippen LogP contribution in [0.25, 0.3) is 0 Å². The molecule has 0 aromatic carbocycles. The molecule has 0 nitrogen and oxygen atoms in total. The lowest BCUT2D eigenvalue weighted by Gasteiger charge is -2.14. The van der Waals surface area contributed by atoms with Crippen LogP contribution in [0.15, 0.2) is 23.8 Å². The van der Waals surface area contributed by atoms with Crippen molar-refractivity contribution in [2.45, 2.75) is 39.5 Å². The Morgan fingerprint density at radius 2 is 2.27 bits per heavy atom. The third kappa shape index (κ3) is 2.21. The summed E-state index contributed by atoms with van der Waals surface area (Å²) in [6.07, 6.45) is 11.9. The lowest BCUT2D eigenvalue weighted by atomic mass is 9.91. The molecule has 0 aromatic heterocycles. The fourth-order valence-corrected chi connectivity index (χ4v) is 1.77. The van der Waals surface area contributed by atoms with Crippen LogP contribution in [0.1, 0.15) is 39.5 Å². The fraction of sp³-hybridized carbons (Fsp3) is 0.636. The van der Waals surface area contributed by atoms with E-state index in [1.807, 2.05) is 0 Å². The molecule has 0 aromatic rings. The Labute approximate surface area is 70.0 Å². The summed E-state index contributed by atoms with van der Waals surface area (Å²) in [5, 5.41) is 0. The Morgan fingerprint density at radius 3 is 2.73 bits per heavy atom. The van der Waals surface area contributed by atoms with Crippen molar-refractivity contribution in [2.24, 2.45) is 5.92 Å². The first kappa shape index (κ1) is 8.58. The first-order valence-corrected chi connectivity index (χ1v) is 4.74. The SMILES string of the molecule is CCCC(CC)C1=CC=CC1. The lowest BCUT2D eigenvalue weighted by molar-refractivity contribution is 0.528. The smallest absolute Gasteiger partial charge is 0.0130 e. The largest absolute Gasteiger partial charge is 0.0805 e. The van der Waals surface area contributed by atoms with E-state index in [-0.39, 0.29) is 0 Å². The Morgan fingerprint density at radius 1 is 1.45 bits per heavy atom. The van der Waals surface area contributed by atoms with Crippen LogP contribution >= 0.6 is 0 Å². The summed E-state index contributed by atoms with van der Waals surface area (Å²) < 4.78 is 0. The summed E-state index contributed by atoms with van der Waals surface area (Å²) in [6.45, 7) is 4.56. The van der Waals surface area contributed by atoms with Gasteiger partial charge in [0.1, 0.15) is 0 Å². The molecule has 0 bridgehead atoms. The molecular formula is C11H18. The minimum Gasteiger partial charge on any atom is -0.0805 e. The Hall–Kier alpha value is -0.520. The van der Waals surface area contributed by atoms with Gasteiger partial charge >= 0.3 is 0 Å². The van der Waals surface area contributed by atoms with Crippen LogP contribution in [0.3, 0.4) is 0 Å². The van der Waals surface area contributed by atoms with Gasteiger partial charge in [0.25, 0.3) is 0 Å². The zero-order valence-electron chi connectivity index (χ0n) is 7.64. The van der Waals surface area contributed by atoms with E-state index >= 15 is 0 Å². The van der Waals surface area contributed by atoms with E-state index in [0.717, 1.165) is 5.92 Å². The van der Waals surface area contributed by atoms with Gasteiger partial charge < -0.3 is 0 Å². The van der Waals surface area contributed by atoms with Crippen LogP contribution in [0.2, 0.25) is 0 Å². The molecule has 1 rings (SSSR count). The molecule has 0 heteroatoms. The quantitative estimate of drug-likeness (QED) is 0.573. The van der Waals surface area contributed by atoms with E-state index in [0.29, 0.717) is 0 Å². The molecule has 0 saturated carbocycles. The van der Waals surface area contributed by atoms with E-state index in [9.17, 15) is 0 Å². The Balaban J connectivity index is 2.42. The highest BCUT2D eigenvalue weighted by atomic mass is 14.2. The van der Waals surface area contributed by atoms with Crippen molar-refractivity contribution in [2.75, 3.05) is 0 Å². The molecule has 0 spiro atoms. The van der Waals surface area contributed by atoms with E-state index < -0.39 is 0 Å². The predicted molar refractivity (Wildman–Crippen MR) is 50.5 cm³/mol. The van der Waals surface area contributed by atoms with Gasteiger partial charge in [0.05, 0.1) is 0 Å². The standard InChI is InChI=1S/C11H18/c1-3-7-10(4-2)11-8-5-6-9-11/h5-6,8,10H,3-4,7,9H2,1-2H3. The Bertz CT molecular complexity index is 163. The molecule has 0 aliphatic heterocycles. The summed E-state index contributed by atoms with van der Waals surface area (Å²) in [7, 11) is 0. The van der Waals surface area contributed by atoms with Crippen LogP contribution in [0.4, 0.5) is 0 Å². The number of rotatable bonds is 4. The molecule has 0 amide bonds. The van der Waals surface area contributed by atoms with E-state index in [4.69, 9.17) is 0 Å². The first-order valence-electron chi connectivity index (χ1n) is 4.74. The van der Waals surface area contributed by atoms with Gasteiger partial charge in [-0.05, 0) is 25.2 Å². The molecule has 11 heavy (non-hydrogen) atoms. The minimum absolute atomic E-state index is 0.856. The first-order chi connectivity index (χ1) is 5.38. The van der Waals surface area contributed by atoms with E-state index in [2.05, 4.69) is 32.1 Å². The molecule has 0 saturated heterocycles. The molecule has 0 heterocycles. The van der Waals surface area contributed by atoms with Crippen molar-refractivity contribution in [3.63, 3.8) is 0 Å². The zero-order chi connectivity index (χ0) is 8.10. The summed E-state index contributed by atoms with van der Waals surface area (Å²) in [4.78, 5) is 0. The van der Waals surface area contributed by atoms with Gasteiger partial charge in [-0.2, -0.15) is 0 Å². The topological polar surface area (TPSA) is 0 Å². The van der Waals surface area contributed by atoms with Gasteiger partial charge in [0.15, 0.2) is 0 Å². The van der Waals surface area contributed by atoms with Crippen molar-refractivity contribution in [1.29, 1.82) is 0 Å². The van der Waals surface area contributed by atoms with Crippen LogP contribution < -0.4 is 0 Å². The second-order valence-corrected chi connectivity index (χ2v) is 3.27. The zero-order valence-corrected chi connectivity index (χ0v) is 7.64. The number of hydrogen-bond donors (Lipinski definition) is 0. The van der Waals surface area contributed by atoms with Gasteiger partial charge in [-0.3, -0.25) is 0 Å². The maximum Gasteiger partial charge on any atom is -0.0130 e. The van der Waals surface area contributed by atoms with Gasteiger partial charge in [-0.1, -0.05) is 44.1 Å². The van der Waals surface area contributed by atoms with Gasteiger partial charge in [-0.15, -0.1) is 0 Å². The highest BCUT2D eigenvalue weighted by molar-refractivity contribution is 5.24. The van der Waals surface area contributed by atoms with Crippen molar-refractivity contribution in [1.82, 2.24) is 0 Å². The molecule has 62 valence electrons. The van der Waals surface area contributed by atoms with Crippen LogP contribution in [0.5, 0.6) is 0 Å². The predicted octanol–water partition coefficient (Wildman–Crippen LogP) is 3.70. The second-order valence-electron chi connectivity index (χ2n) is 3.27. The lowest BCUT2D eigenvalue weighted by Crippen LogP contribution is -2.00. The maximum absolute atomic E-state index is 2.30. The van der Waals surface area contributed by atoms with Crippen molar-refractivity contribution in [3.8, 4) is 0 Å². The Kier molecular flexibility index (Phi) is 3.41. The number of allylic oxidation sites excluding steroid dienone is 4. The minimum atomic E-state index is 0.856. The monoisotopic (exact) mass is 150 g/mol. The number of hydrogen-bond acceptors (Lipinski definition) is 0. The molecule has 1 unspecified atom stereocenters. The van der Waals surface area contributed by atoms with Crippen molar-refractivity contribution in [3.05, 3.63) is 23.8 Å².